The summed E-state index contributed by atoms with van der Waals surface area (Å²) in [5, 5.41) is 4.93. The zero-order valence-electron chi connectivity index (χ0n) is 20.6. The quantitative estimate of drug-likeness (QED) is 0.401. The van der Waals surface area contributed by atoms with Crippen LogP contribution in [0.3, 0.4) is 0 Å². The molecule has 35 heavy (non-hydrogen) atoms. The highest BCUT2D eigenvalue weighted by molar-refractivity contribution is 7.10. The molecule has 0 aliphatic carbocycles. The number of rotatable bonds is 10. The lowest BCUT2D eigenvalue weighted by atomic mass is 10.1. The van der Waals surface area contributed by atoms with Gasteiger partial charge in [-0.3, -0.25) is 4.79 Å². The fourth-order valence-corrected chi connectivity index (χ4v) is 4.50. The van der Waals surface area contributed by atoms with Crippen molar-refractivity contribution < 1.29 is 18.7 Å². The Bertz CT molecular complexity index is 1150. The number of aryl methyl sites for hydroxylation is 2. The molecule has 3 aromatic rings. The summed E-state index contributed by atoms with van der Waals surface area (Å²) in [5.74, 6) is -0.524. The van der Waals surface area contributed by atoms with E-state index in [2.05, 4.69) is 5.32 Å². The van der Waals surface area contributed by atoms with E-state index in [4.69, 9.17) is 4.74 Å². The van der Waals surface area contributed by atoms with Gasteiger partial charge in [-0.05, 0) is 72.7 Å². The summed E-state index contributed by atoms with van der Waals surface area (Å²) in [7, 11) is 1.56. The SMILES string of the molecule is COCCN(CC(=O)N(Cc1ccc(F)cc1)Cc1sccc1C)C(=O)Nc1cccc(C)c1C. The van der Waals surface area contributed by atoms with Gasteiger partial charge in [-0.2, -0.15) is 0 Å². The number of nitrogens with zero attached hydrogens (tertiary/aromatic N) is 2. The first-order chi connectivity index (χ1) is 16.8. The maximum atomic E-state index is 13.5. The molecular formula is C27H32FN3O3S. The second-order valence-corrected chi connectivity index (χ2v) is 9.50. The van der Waals surface area contributed by atoms with Gasteiger partial charge in [-0.1, -0.05) is 24.3 Å². The van der Waals surface area contributed by atoms with Crippen LogP contribution in [0.15, 0.2) is 53.9 Å². The van der Waals surface area contributed by atoms with Crippen molar-refractivity contribution >= 4 is 29.0 Å². The molecule has 0 bridgehead atoms. The van der Waals surface area contributed by atoms with Crippen LogP contribution in [0.25, 0.3) is 0 Å². The smallest absolute Gasteiger partial charge is 0.322 e. The number of hydrogen-bond acceptors (Lipinski definition) is 4. The fraction of sp³-hybridized carbons (Fsp3) is 0.333. The molecule has 1 N–H and O–H groups in total. The van der Waals surface area contributed by atoms with E-state index >= 15 is 0 Å². The average Bonchev–Trinajstić information content (AvgIpc) is 3.24. The van der Waals surface area contributed by atoms with E-state index in [1.807, 2.05) is 50.4 Å². The van der Waals surface area contributed by atoms with Gasteiger partial charge < -0.3 is 19.9 Å². The lowest BCUT2D eigenvalue weighted by molar-refractivity contribution is -0.133. The minimum atomic E-state index is -0.363. The van der Waals surface area contributed by atoms with E-state index in [9.17, 15) is 14.0 Å². The molecule has 1 aromatic heterocycles. The zero-order valence-corrected chi connectivity index (χ0v) is 21.5. The number of hydrogen-bond donors (Lipinski definition) is 1. The topological polar surface area (TPSA) is 61.9 Å². The van der Waals surface area contributed by atoms with Gasteiger partial charge in [0.05, 0.1) is 13.2 Å². The Morgan fingerprint density at radius 3 is 2.37 bits per heavy atom. The highest BCUT2D eigenvalue weighted by Gasteiger charge is 2.23. The predicted octanol–water partition coefficient (Wildman–Crippen LogP) is 5.52. The van der Waals surface area contributed by atoms with Crippen LogP contribution in [-0.4, -0.2) is 48.5 Å². The molecule has 186 valence electrons. The van der Waals surface area contributed by atoms with E-state index in [0.29, 0.717) is 25.4 Å². The Labute approximate surface area is 210 Å². The van der Waals surface area contributed by atoms with Gasteiger partial charge in [-0.15, -0.1) is 11.3 Å². The van der Waals surface area contributed by atoms with Crippen molar-refractivity contribution in [3.8, 4) is 0 Å². The Hall–Kier alpha value is -3.23. The molecule has 3 rings (SSSR count). The molecule has 0 radical (unpaired) electrons. The van der Waals surface area contributed by atoms with E-state index in [1.165, 1.54) is 17.0 Å². The summed E-state index contributed by atoms with van der Waals surface area (Å²) < 4.78 is 18.6. The van der Waals surface area contributed by atoms with Crippen LogP contribution in [0, 0.1) is 26.6 Å². The van der Waals surface area contributed by atoms with Gasteiger partial charge in [-0.25, -0.2) is 9.18 Å². The first-order valence-electron chi connectivity index (χ1n) is 11.4. The predicted molar refractivity (Wildman–Crippen MR) is 138 cm³/mol. The summed E-state index contributed by atoms with van der Waals surface area (Å²) in [5.41, 5.74) is 4.68. The van der Waals surface area contributed by atoms with Crippen LogP contribution in [-0.2, 0) is 22.6 Å². The number of halogens is 1. The number of benzene rings is 2. The number of ether oxygens (including phenoxy) is 1. The minimum Gasteiger partial charge on any atom is -0.383 e. The van der Waals surface area contributed by atoms with Crippen molar-refractivity contribution in [2.75, 3.05) is 32.1 Å². The summed E-state index contributed by atoms with van der Waals surface area (Å²) in [6.45, 7) is 7.13. The Morgan fingerprint density at radius 2 is 1.71 bits per heavy atom. The van der Waals surface area contributed by atoms with Crippen molar-refractivity contribution in [2.24, 2.45) is 0 Å². The fourth-order valence-electron chi connectivity index (χ4n) is 3.58. The van der Waals surface area contributed by atoms with Crippen LogP contribution in [0.4, 0.5) is 14.9 Å². The third-order valence-electron chi connectivity index (χ3n) is 5.97. The lowest BCUT2D eigenvalue weighted by Crippen LogP contribution is -2.45. The van der Waals surface area contributed by atoms with Gasteiger partial charge in [0.25, 0.3) is 0 Å². The number of urea groups is 1. The third kappa shape index (κ3) is 7.37. The van der Waals surface area contributed by atoms with Crippen LogP contribution in [0.1, 0.15) is 27.1 Å². The molecule has 0 atom stereocenters. The van der Waals surface area contributed by atoms with Crippen molar-refractivity contribution in [2.45, 2.75) is 33.9 Å². The normalized spacial score (nSPS) is 10.8. The Morgan fingerprint density at radius 1 is 0.971 bits per heavy atom. The molecule has 0 saturated heterocycles. The van der Waals surface area contributed by atoms with Crippen molar-refractivity contribution in [1.82, 2.24) is 9.80 Å². The number of amides is 3. The minimum absolute atomic E-state index is 0.105. The standard InChI is InChI=1S/C27H32FN3O3S/c1-19-6-5-7-24(21(19)3)29-27(33)30(13-14-34-4)18-26(32)31(17-25-20(2)12-15-35-25)16-22-8-10-23(28)11-9-22/h5-12,15H,13-14,16-18H2,1-4H3,(H,29,33). The number of carbonyl (C=O) groups is 2. The summed E-state index contributed by atoms with van der Waals surface area (Å²) in [4.78, 5) is 30.9. The van der Waals surface area contributed by atoms with Crippen LogP contribution in [0.5, 0.6) is 0 Å². The molecule has 0 unspecified atom stereocenters. The summed E-state index contributed by atoms with van der Waals surface area (Å²) >= 11 is 1.59. The number of anilines is 1. The number of thiophene rings is 1. The molecule has 8 heteroatoms. The van der Waals surface area contributed by atoms with Crippen LogP contribution in [0.2, 0.25) is 0 Å². The third-order valence-corrected chi connectivity index (χ3v) is 6.97. The summed E-state index contributed by atoms with van der Waals surface area (Å²) in [6.07, 6.45) is 0. The van der Waals surface area contributed by atoms with Gasteiger partial charge in [0.15, 0.2) is 0 Å². The van der Waals surface area contributed by atoms with Crippen LogP contribution >= 0.6 is 11.3 Å². The van der Waals surface area contributed by atoms with E-state index in [-0.39, 0.29) is 30.8 Å². The van der Waals surface area contributed by atoms with Gasteiger partial charge in [0.1, 0.15) is 12.4 Å². The second-order valence-electron chi connectivity index (χ2n) is 8.50. The van der Waals surface area contributed by atoms with E-state index in [0.717, 1.165) is 27.1 Å². The van der Waals surface area contributed by atoms with Crippen LogP contribution < -0.4 is 5.32 Å². The molecule has 6 nitrogen and oxygen atoms in total. The molecule has 0 aliphatic rings. The van der Waals surface area contributed by atoms with E-state index in [1.54, 1.807) is 35.5 Å². The number of carbonyl (C=O) groups excluding carboxylic acids is 2. The highest BCUT2D eigenvalue weighted by atomic mass is 32.1. The molecular weight excluding hydrogens is 465 g/mol. The second kappa shape index (κ2) is 12.5. The van der Waals surface area contributed by atoms with Crippen molar-refractivity contribution in [1.29, 1.82) is 0 Å². The largest absolute Gasteiger partial charge is 0.383 e. The molecule has 3 amide bonds. The monoisotopic (exact) mass is 497 g/mol. The highest BCUT2D eigenvalue weighted by Crippen LogP contribution is 2.21. The molecule has 2 aromatic carbocycles. The first kappa shape index (κ1) is 26.4. The van der Waals surface area contributed by atoms with E-state index < -0.39 is 0 Å². The maximum absolute atomic E-state index is 13.5. The van der Waals surface area contributed by atoms with Crippen molar-refractivity contribution in [3.05, 3.63) is 86.9 Å². The Kier molecular flexibility index (Phi) is 9.39. The molecule has 1 heterocycles. The number of methoxy groups -OCH3 is 1. The van der Waals surface area contributed by atoms with Gasteiger partial charge in [0, 0.05) is 30.8 Å². The maximum Gasteiger partial charge on any atom is 0.322 e. The van der Waals surface area contributed by atoms with Gasteiger partial charge in [0.2, 0.25) is 5.91 Å². The lowest BCUT2D eigenvalue weighted by Gasteiger charge is -2.28. The van der Waals surface area contributed by atoms with Gasteiger partial charge >= 0.3 is 6.03 Å². The first-order valence-corrected chi connectivity index (χ1v) is 12.3. The Balaban J connectivity index is 1.79. The average molecular weight is 498 g/mol. The molecule has 0 spiro atoms. The number of nitrogens with one attached hydrogen (secondary N) is 1. The van der Waals surface area contributed by atoms with Crippen molar-refractivity contribution in [3.63, 3.8) is 0 Å². The molecule has 0 aliphatic heterocycles. The zero-order chi connectivity index (χ0) is 25.4. The molecule has 0 fully saturated rings. The summed E-state index contributed by atoms with van der Waals surface area (Å²) in [6, 6.07) is 13.5. The molecule has 0 saturated carbocycles.